The zero-order valence-electron chi connectivity index (χ0n) is 16.3. The first-order valence-corrected chi connectivity index (χ1v) is 10.1. The Morgan fingerprint density at radius 1 is 1.21 bits per heavy atom. The second-order valence-corrected chi connectivity index (χ2v) is 8.25. The SMILES string of the molecule is Cc1nc(C)c2c(C)c(C(=O)NC(C)c3ccc4c(c3)CCC(=O)N4)sc2n1. The first kappa shape index (κ1) is 18.6. The lowest BCUT2D eigenvalue weighted by molar-refractivity contribution is -0.116. The maximum atomic E-state index is 12.9. The number of aryl methyl sites for hydroxylation is 4. The molecule has 144 valence electrons. The van der Waals surface area contributed by atoms with Gasteiger partial charge in [0, 0.05) is 23.2 Å². The van der Waals surface area contributed by atoms with E-state index in [-0.39, 0.29) is 17.9 Å². The molecule has 3 heterocycles. The Balaban J connectivity index is 1.59. The van der Waals surface area contributed by atoms with Crippen LogP contribution in [0.4, 0.5) is 5.69 Å². The van der Waals surface area contributed by atoms with Gasteiger partial charge in [-0.25, -0.2) is 9.97 Å². The molecule has 0 radical (unpaired) electrons. The van der Waals surface area contributed by atoms with E-state index < -0.39 is 0 Å². The van der Waals surface area contributed by atoms with Crippen LogP contribution in [0.2, 0.25) is 0 Å². The Morgan fingerprint density at radius 3 is 2.79 bits per heavy atom. The molecule has 1 atom stereocenters. The zero-order valence-corrected chi connectivity index (χ0v) is 17.2. The van der Waals surface area contributed by atoms with Gasteiger partial charge < -0.3 is 10.6 Å². The third-order valence-corrected chi connectivity index (χ3v) is 6.35. The molecule has 2 N–H and O–H groups in total. The maximum absolute atomic E-state index is 12.9. The molecule has 3 aromatic rings. The van der Waals surface area contributed by atoms with Crippen molar-refractivity contribution in [1.29, 1.82) is 0 Å². The van der Waals surface area contributed by atoms with Crippen molar-refractivity contribution in [1.82, 2.24) is 15.3 Å². The molecule has 1 aliphatic heterocycles. The summed E-state index contributed by atoms with van der Waals surface area (Å²) in [6, 6.07) is 5.79. The summed E-state index contributed by atoms with van der Waals surface area (Å²) in [5, 5.41) is 6.96. The van der Waals surface area contributed by atoms with Gasteiger partial charge in [0.25, 0.3) is 5.91 Å². The van der Waals surface area contributed by atoms with Gasteiger partial charge in [0.1, 0.15) is 10.7 Å². The van der Waals surface area contributed by atoms with Gasteiger partial charge in [0.2, 0.25) is 5.91 Å². The van der Waals surface area contributed by atoms with Crippen LogP contribution >= 0.6 is 11.3 Å². The molecule has 0 aliphatic carbocycles. The fraction of sp³-hybridized carbons (Fsp3) is 0.333. The molecule has 0 spiro atoms. The highest BCUT2D eigenvalue weighted by Gasteiger charge is 2.21. The Morgan fingerprint density at radius 2 is 2.00 bits per heavy atom. The number of thiophene rings is 1. The van der Waals surface area contributed by atoms with Crippen LogP contribution in [-0.4, -0.2) is 21.8 Å². The molecule has 0 saturated heterocycles. The number of rotatable bonds is 3. The molecule has 28 heavy (non-hydrogen) atoms. The highest BCUT2D eigenvalue weighted by atomic mass is 32.1. The maximum Gasteiger partial charge on any atom is 0.262 e. The predicted molar refractivity (Wildman–Crippen MR) is 111 cm³/mol. The number of fused-ring (bicyclic) bond motifs is 2. The molecule has 6 nitrogen and oxygen atoms in total. The minimum atomic E-state index is -0.144. The van der Waals surface area contributed by atoms with Crippen molar-refractivity contribution in [3.8, 4) is 0 Å². The van der Waals surface area contributed by atoms with Crippen LogP contribution in [0.3, 0.4) is 0 Å². The van der Waals surface area contributed by atoms with E-state index >= 15 is 0 Å². The number of carbonyl (C=O) groups excluding carboxylic acids is 2. The van der Waals surface area contributed by atoms with Crippen molar-refractivity contribution in [2.75, 3.05) is 5.32 Å². The molecule has 1 unspecified atom stereocenters. The third-order valence-electron chi connectivity index (χ3n) is 5.16. The van der Waals surface area contributed by atoms with Gasteiger partial charge in [-0.1, -0.05) is 12.1 Å². The standard InChI is InChI=1S/C21H22N4O2S/c1-10-18-12(3)22-13(4)24-21(18)28-19(10)20(27)23-11(2)14-5-7-16-15(9-14)6-8-17(26)25-16/h5,7,9,11H,6,8H2,1-4H3,(H,23,27)(H,25,26). The van der Waals surface area contributed by atoms with Crippen LogP contribution in [0.15, 0.2) is 18.2 Å². The van der Waals surface area contributed by atoms with Crippen molar-refractivity contribution < 1.29 is 9.59 Å². The highest BCUT2D eigenvalue weighted by molar-refractivity contribution is 7.20. The molecule has 1 aromatic carbocycles. The summed E-state index contributed by atoms with van der Waals surface area (Å²) in [4.78, 5) is 34.9. The van der Waals surface area contributed by atoms with Gasteiger partial charge in [-0.2, -0.15) is 0 Å². The minimum Gasteiger partial charge on any atom is -0.345 e. The van der Waals surface area contributed by atoms with Gasteiger partial charge in [-0.3, -0.25) is 9.59 Å². The summed E-state index contributed by atoms with van der Waals surface area (Å²) < 4.78 is 0. The normalized spacial score (nSPS) is 14.5. The summed E-state index contributed by atoms with van der Waals surface area (Å²) in [7, 11) is 0. The van der Waals surface area contributed by atoms with Crippen molar-refractivity contribution in [2.24, 2.45) is 0 Å². The summed E-state index contributed by atoms with van der Waals surface area (Å²) in [5.41, 5.74) is 4.82. The number of hydrogen-bond donors (Lipinski definition) is 2. The summed E-state index contributed by atoms with van der Waals surface area (Å²) in [5.74, 6) is 0.666. The minimum absolute atomic E-state index is 0.0514. The molecule has 4 rings (SSSR count). The number of carbonyl (C=O) groups is 2. The summed E-state index contributed by atoms with van der Waals surface area (Å²) >= 11 is 1.41. The molecule has 2 amide bonds. The molecular weight excluding hydrogens is 372 g/mol. The molecule has 1 aliphatic rings. The average Bonchev–Trinajstić information content (AvgIpc) is 2.97. The molecule has 7 heteroatoms. The van der Waals surface area contributed by atoms with Gasteiger partial charge in [-0.05, 0) is 56.9 Å². The second-order valence-electron chi connectivity index (χ2n) is 7.25. The van der Waals surface area contributed by atoms with Crippen LogP contribution in [-0.2, 0) is 11.2 Å². The zero-order chi connectivity index (χ0) is 20.0. The lowest BCUT2D eigenvalue weighted by Crippen LogP contribution is -2.27. The van der Waals surface area contributed by atoms with Crippen molar-refractivity contribution in [3.63, 3.8) is 0 Å². The first-order chi connectivity index (χ1) is 13.3. The molecular formula is C21H22N4O2S. The number of amides is 2. The first-order valence-electron chi connectivity index (χ1n) is 9.31. The van der Waals surface area contributed by atoms with E-state index in [1.807, 2.05) is 39.8 Å². The molecule has 0 fully saturated rings. The fourth-order valence-electron chi connectivity index (χ4n) is 3.71. The quantitative estimate of drug-likeness (QED) is 0.703. The van der Waals surface area contributed by atoms with E-state index in [2.05, 4.69) is 26.7 Å². The molecule has 0 bridgehead atoms. The monoisotopic (exact) mass is 394 g/mol. The third kappa shape index (κ3) is 3.26. The van der Waals surface area contributed by atoms with Crippen LogP contribution < -0.4 is 10.6 Å². The number of aromatic nitrogens is 2. The van der Waals surface area contributed by atoms with Gasteiger partial charge >= 0.3 is 0 Å². The summed E-state index contributed by atoms with van der Waals surface area (Å²) in [6.07, 6.45) is 1.22. The van der Waals surface area contributed by atoms with Crippen LogP contribution in [0.5, 0.6) is 0 Å². The van der Waals surface area contributed by atoms with Crippen molar-refractivity contribution >= 4 is 39.1 Å². The van der Waals surface area contributed by atoms with Gasteiger partial charge in [-0.15, -0.1) is 11.3 Å². The topological polar surface area (TPSA) is 84.0 Å². The van der Waals surface area contributed by atoms with E-state index in [0.717, 1.165) is 44.7 Å². The van der Waals surface area contributed by atoms with E-state index in [4.69, 9.17) is 0 Å². The second kappa shape index (κ2) is 6.98. The average molecular weight is 395 g/mol. The van der Waals surface area contributed by atoms with Crippen LogP contribution in [0.25, 0.3) is 10.2 Å². The Labute approximate surface area is 167 Å². The van der Waals surface area contributed by atoms with Gasteiger partial charge in [0.15, 0.2) is 0 Å². The predicted octanol–water partition coefficient (Wildman–Crippen LogP) is 3.99. The van der Waals surface area contributed by atoms with E-state index in [1.165, 1.54) is 11.3 Å². The van der Waals surface area contributed by atoms with Crippen molar-refractivity contribution in [2.45, 2.75) is 46.6 Å². The number of anilines is 1. The van der Waals surface area contributed by atoms with Crippen LogP contribution in [0, 0.1) is 20.8 Å². The molecule has 0 saturated carbocycles. The van der Waals surface area contributed by atoms with E-state index in [0.29, 0.717) is 17.1 Å². The number of benzene rings is 1. The van der Waals surface area contributed by atoms with Crippen molar-refractivity contribution in [3.05, 3.63) is 51.3 Å². The summed E-state index contributed by atoms with van der Waals surface area (Å²) in [6.45, 7) is 7.74. The number of hydrogen-bond acceptors (Lipinski definition) is 5. The van der Waals surface area contributed by atoms with Crippen LogP contribution in [0.1, 0.15) is 57.3 Å². The largest absolute Gasteiger partial charge is 0.345 e. The lowest BCUT2D eigenvalue weighted by atomic mass is 9.97. The van der Waals surface area contributed by atoms with E-state index in [9.17, 15) is 9.59 Å². The molecule has 2 aromatic heterocycles. The Kier molecular flexibility index (Phi) is 4.63. The van der Waals surface area contributed by atoms with Gasteiger partial charge in [0.05, 0.1) is 10.9 Å². The fourth-order valence-corrected chi connectivity index (χ4v) is 4.89. The number of nitrogens with zero attached hydrogens (tertiary/aromatic N) is 2. The number of nitrogens with one attached hydrogen (secondary N) is 2. The highest BCUT2D eigenvalue weighted by Crippen LogP contribution is 2.32. The lowest BCUT2D eigenvalue weighted by Gasteiger charge is -2.20. The van der Waals surface area contributed by atoms with E-state index in [1.54, 1.807) is 0 Å². The Hall–Kier alpha value is -2.80. The smallest absolute Gasteiger partial charge is 0.262 e. The Bertz CT molecular complexity index is 1120.